The van der Waals surface area contributed by atoms with Gasteiger partial charge in [-0.3, -0.25) is 9.97 Å². The van der Waals surface area contributed by atoms with Crippen molar-refractivity contribution in [3.05, 3.63) is 320 Å². The van der Waals surface area contributed by atoms with Crippen LogP contribution in [0.25, 0.3) is 121 Å². The molecule has 92 heavy (non-hydrogen) atoms. The summed E-state index contributed by atoms with van der Waals surface area (Å²) in [5.74, 6) is 1.50. The molecule has 0 radical (unpaired) electrons. The van der Waals surface area contributed by atoms with Gasteiger partial charge in [0.1, 0.15) is 11.5 Å². The number of fused-ring (bicyclic) bond motifs is 23. The van der Waals surface area contributed by atoms with Gasteiger partial charge in [-0.1, -0.05) is 176 Å². The van der Waals surface area contributed by atoms with Gasteiger partial charge in [0.2, 0.25) is 0 Å². The van der Waals surface area contributed by atoms with Crippen LogP contribution in [0.5, 0.6) is 11.5 Å². The fourth-order valence-corrected chi connectivity index (χ4v) is 17.2. The summed E-state index contributed by atoms with van der Waals surface area (Å²) in [5.41, 5.74) is 21.0. The molecule has 1 spiro atoms. The molecule has 8 heterocycles. The van der Waals surface area contributed by atoms with Gasteiger partial charge in [0, 0.05) is 104 Å². The van der Waals surface area contributed by atoms with Gasteiger partial charge >= 0.3 is 0 Å². The van der Waals surface area contributed by atoms with Crippen molar-refractivity contribution >= 4 is 116 Å². The summed E-state index contributed by atoms with van der Waals surface area (Å²) in [7, 11) is 0. The van der Waals surface area contributed by atoms with E-state index >= 15 is 0 Å². The van der Waals surface area contributed by atoms with Crippen LogP contribution in [-0.2, 0) is 5.41 Å². The summed E-state index contributed by atoms with van der Waals surface area (Å²) >= 11 is 1.83. The number of nitrogens with zero attached hydrogens (tertiary/aromatic N) is 7. The Hall–Kier alpha value is -11.9. The highest BCUT2D eigenvalue weighted by Gasteiger charge is 2.53. The second-order valence-electron chi connectivity index (χ2n) is 24.4. The lowest BCUT2D eigenvalue weighted by Crippen LogP contribution is -2.32. The fourth-order valence-electron chi connectivity index (χ4n) is 16.1. The molecule has 0 unspecified atom stereocenters. The van der Waals surface area contributed by atoms with E-state index in [2.05, 4.69) is 308 Å². The molecule has 0 fully saturated rings. The highest BCUT2D eigenvalue weighted by atomic mass is 32.2. The first-order valence-electron chi connectivity index (χ1n) is 31.3. The van der Waals surface area contributed by atoms with Gasteiger partial charge < -0.3 is 27.9 Å². The van der Waals surface area contributed by atoms with Crippen LogP contribution in [0, 0.1) is 0 Å². The highest BCUT2D eigenvalue weighted by Crippen LogP contribution is 2.63. The molecule has 0 N–H and O–H groups in total. The zero-order valence-electron chi connectivity index (χ0n) is 49.2. The van der Waals surface area contributed by atoms with Crippen molar-refractivity contribution < 1.29 is 4.74 Å². The summed E-state index contributed by atoms with van der Waals surface area (Å²) in [6, 6.07) is 104. The molecule has 6 aromatic heterocycles. The van der Waals surface area contributed by atoms with Crippen LogP contribution in [-0.4, -0.2) is 28.2 Å². The van der Waals surface area contributed by atoms with Crippen molar-refractivity contribution in [3.63, 3.8) is 0 Å². The molecule has 0 bridgehead atoms. The number of hydrogen-bond acceptors (Lipinski definition) is 5. The first-order chi connectivity index (χ1) is 45.6. The average molecular weight is 1190 g/mol. The van der Waals surface area contributed by atoms with Crippen molar-refractivity contribution in [3.8, 4) is 45.6 Å². The Kier molecular flexibility index (Phi) is 10.1. The van der Waals surface area contributed by atoms with Crippen LogP contribution in [0.2, 0.25) is 0 Å². The molecule has 2 aliphatic heterocycles. The number of benzene rings is 12. The van der Waals surface area contributed by atoms with E-state index in [1.807, 2.05) is 24.2 Å². The van der Waals surface area contributed by atoms with Crippen LogP contribution in [0.1, 0.15) is 22.3 Å². The molecule has 8 nitrogen and oxygen atoms in total. The van der Waals surface area contributed by atoms with Crippen molar-refractivity contribution in [1.82, 2.24) is 28.2 Å². The van der Waals surface area contributed by atoms with Gasteiger partial charge in [-0.25, -0.2) is 0 Å². The lowest BCUT2D eigenvalue weighted by atomic mass is 9.66. The minimum absolute atomic E-state index is 0.749. The zero-order valence-corrected chi connectivity index (χ0v) is 50.1. The van der Waals surface area contributed by atoms with E-state index in [-0.39, 0.29) is 0 Å². The molecule has 9 heteroatoms. The third-order valence-electron chi connectivity index (χ3n) is 19.9. The van der Waals surface area contributed by atoms with Crippen molar-refractivity contribution in [1.29, 1.82) is 0 Å². The summed E-state index contributed by atoms with van der Waals surface area (Å²) in [6.45, 7) is 0. The Bertz CT molecular complexity index is 5890. The predicted octanol–water partition coefficient (Wildman–Crippen LogP) is 21.3. The molecule has 12 aromatic carbocycles. The summed E-state index contributed by atoms with van der Waals surface area (Å²) in [4.78, 5) is 16.1. The van der Waals surface area contributed by atoms with Gasteiger partial charge in [-0.15, -0.1) is 0 Å². The van der Waals surface area contributed by atoms with Crippen LogP contribution in [0.15, 0.2) is 307 Å². The molecule has 21 rings (SSSR count). The normalized spacial score (nSPS) is 13.5. The lowest BCUT2D eigenvalue weighted by Gasteiger charge is -2.39. The van der Waals surface area contributed by atoms with Crippen LogP contribution >= 0.6 is 11.8 Å². The Balaban J connectivity index is 0.846. The molecule has 18 aromatic rings. The molecular formula is C83H49N7OS. The lowest BCUT2D eigenvalue weighted by molar-refractivity contribution is 0.436. The molecule has 0 saturated carbocycles. The number of pyridine rings is 2. The maximum Gasteiger partial charge on any atom is 0.134 e. The van der Waals surface area contributed by atoms with Crippen molar-refractivity contribution in [2.75, 3.05) is 4.90 Å². The van der Waals surface area contributed by atoms with E-state index in [4.69, 9.17) is 14.7 Å². The number of ether oxygens (including phenoxy) is 1. The van der Waals surface area contributed by atoms with Crippen molar-refractivity contribution in [2.24, 2.45) is 0 Å². The SMILES string of the molecule is c1ccc2c(c1)Sc1ccccc1N2c1ccc2c(c1)c1ccccc1n2-c1ccc2c(c1)Oc1cc(-n3c4ccccc4c4ccccc43)ccc1C21c2cc(-n3c4ccccc4c4ccccc43)cnc2-c2ncc(-n3c4ccccc4c4ccccc43)cc21. The summed E-state index contributed by atoms with van der Waals surface area (Å²) < 4.78 is 17.3. The van der Waals surface area contributed by atoms with Crippen molar-refractivity contribution in [2.45, 2.75) is 15.2 Å². The van der Waals surface area contributed by atoms with Gasteiger partial charge in [-0.2, -0.15) is 0 Å². The Morgan fingerprint density at radius 1 is 0.272 bits per heavy atom. The van der Waals surface area contributed by atoms with E-state index in [1.165, 1.54) is 58.9 Å². The first-order valence-corrected chi connectivity index (χ1v) is 32.1. The van der Waals surface area contributed by atoms with Crippen LogP contribution < -0.4 is 9.64 Å². The summed E-state index contributed by atoms with van der Waals surface area (Å²) in [6.07, 6.45) is 4.10. The van der Waals surface area contributed by atoms with Gasteiger partial charge in [-0.05, 0) is 109 Å². The molecule has 0 atom stereocenters. The van der Waals surface area contributed by atoms with Crippen LogP contribution in [0.4, 0.5) is 17.1 Å². The second kappa shape index (κ2) is 18.6. The largest absolute Gasteiger partial charge is 0.457 e. The Labute approximate surface area is 531 Å². The van der Waals surface area contributed by atoms with Gasteiger partial charge in [0.05, 0.1) is 96.1 Å². The number of anilines is 3. The zero-order chi connectivity index (χ0) is 59.9. The summed E-state index contributed by atoms with van der Waals surface area (Å²) in [5, 5.41) is 9.47. The molecular weight excluding hydrogens is 1140 g/mol. The quantitative estimate of drug-likeness (QED) is 0.172. The third-order valence-corrected chi connectivity index (χ3v) is 21.0. The minimum Gasteiger partial charge on any atom is -0.457 e. The van der Waals surface area contributed by atoms with E-state index in [1.54, 1.807) is 0 Å². The molecule has 0 saturated heterocycles. The number of hydrogen-bond donors (Lipinski definition) is 0. The Morgan fingerprint density at radius 3 is 1.00 bits per heavy atom. The van der Waals surface area contributed by atoms with Crippen LogP contribution in [0.3, 0.4) is 0 Å². The first kappa shape index (κ1) is 50.0. The van der Waals surface area contributed by atoms with E-state index in [9.17, 15) is 0 Å². The minimum atomic E-state index is -1.01. The average Bonchev–Trinajstić information content (AvgIpc) is 1.47. The molecule has 3 aliphatic rings. The fraction of sp³-hybridized carbons (Fsp3) is 0.0120. The number of aromatic nitrogens is 6. The maximum atomic E-state index is 7.73. The predicted molar refractivity (Wildman–Crippen MR) is 376 cm³/mol. The maximum absolute atomic E-state index is 7.73. The second-order valence-corrected chi connectivity index (χ2v) is 25.5. The highest BCUT2D eigenvalue weighted by molar-refractivity contribution is 7.99. The molecule has 428 valence electrons. The molecule has 0 amide bonds. The van der Waals surface area contributed by atoms with E-state index in [0.717, 1.165) is 123 Å². The van der Waals surface area contributed by atoms with E-state index < -0.39 is 5.41 Å². The Morgan fingerprint density at radius 2 is 0.598 bits per heavy atom. The third kappa shape index (κ3) is 6.65. The monoisotopic (exact) mass is 1190 g/mol. The number of para-hydroxylation sites is 9. The topological polar surface area (TPSA) is 58.0 Å². The number of rotatable bonds is 5. The smallest absolute Gasteiger partial charge is 0.134 e. The molecule has 1 aliphatic carbocycles. The van der Waals surface area contributed by atoms with Gasteiger partial charge in [0.15, 0.2) is 0 Å². The standard InChI is InChI=1S/C83H49N7OS/c1-8-26-67-55(19-1)56-20-2-9-27-68(56)86(67)51-37-40-63-77(46-51)91-78-47-52(87-73-32-14-7-25-61(73)62-43-50(39-42-74(62)87)88-75-33-15-17-35-79(75)92-80-36-18-16-34-76(80)88)38-41-64(78)83(63)65-44-53(89-69-28-10-3-21-57(69)58-22-4-11-29-70(58)89)48-84-81(65)82-66(83)45-54(49-85-82)90-71-30-12-5-23-59(71)60-24-6-13-31-72(60)90/h1-49H. The van der Waals surface area contributed by atoms with E-state index in [0.29, 0.717) is 0 Å². The van der Waals surface area contributed by atoms with Gasteiger partial charge in [0.25, 0.3) is 0 Å².